The number of nitrogens with zero attached hydrogens (tertiary/aromatic N) is 1. The Balaban J connectivity index is 1.48. The van der Waals surface area contributed by atoms with Crippen LogP contribution >= 0.6 is 0 Å². The highest BCUT2D eigenvalue weighted by Gasteiger charge is 2.07. The summed E-state index contributed by atoms with van der Waals surface area (Å²) in [5, 5.41) is 5.98. The van der Waals surface area contributed by atoms with Gasteiger partial charge < -0.3 is 20.6 Å². The van der Waals surface area contributed by atoms with Gasteiger partial charge in [-0.25, -0.2) is 8.78 Å². The number of carbonyl (C=O) groups is 1. The van der Waals surface area contributed by atoms with Crippen molar-refractivity contribution in [3.05, 3.63) is 95.6 Å². The molecule has 0 unspecified atom stereocenters. The van der Waals surface area contributed by atoms with Gasteiger partial charge in [-0.1, -0.05) is 35.5 Å². The molecule has 30 heavy (non-hydrogen) atoms. The average Bonchev–Trinajstić information content (AvgIpc) is 2.72. The zero-order valence-electron chi connectivity index (χ0n) is 15.8. The molecule has 0 fully saturated rings. The van der Waals surface area contributed by atoms with E-state index >= 15 is 0 Å². The second kappa shape index (κ2) is 10.0. The summed E-state index contributed by atoms with van der Waals surface area (Å²) in [7, 11) is 0. The first-order valence-corrected chi connectivity index (χ1v) is 8.98. The van der Waals surface area contributed by atoms with Gasteiger partial charge in [-0.05, 0) is 42.0 Å². The van der Waals surface area contributed by atoms with Gasteiger partial charge in [0.2, 0.25) is 0 Å². The first-order chi connectivity index (χ1) is 14.5. The summed E-state index contributed by atoms with van der Waals surface area (Å²) in [4.78, 5) is 16.7. The number of amides is 1. The molecule has 0 aliphatic rings. The molecule has 0 aromatic heterocycles. The Labute approximate surface area is 171 Å². The predicted octanol–water partition coefficient (Wildman–Crippen LogP) is 3.82. The van der Waals surface area contributed by atoms with Crippen LogP contribution in [0.2, 0.25) is 0 Å². The second-order valence-electron chi connectivity index (χ2n) is 6.25. The van der Waals surface area contributed by atoms with Gasteiger partial charge in [-0.2, -0.15) is 0 Å². The number of halogens is 2. The maximum absolute atomic E-state index is 13.1. The van der Waals surface area contributed by atoms with E-state index in [9.17, 15) is 13.6 Å². The monoisotopic (exact) mass is 411 g/mol. The molecule has 154 valence electrons. The van der Waals surface area contributed by atoms with Gasteiger partial charge in [0.1, 0.15) is 24.0 Å². The zero-order chi connectivity index (χ0) is 21.3. The fourth-order valence-electron chi connectivity index (χ4n) is 2.50. The van der Waals surface area contributed by atoms with E-state index in [2.05, 4.69) is 10.5 Å². The number of nitrogens with one attached hydrogen (secondary N) is 1. The molecule has 0 bridgehead atoms. The topological polar surface area (TPSA) is 85.9 Å². The van der Waals surface area contributed by atoms with E-state index in [0.29, 0.717) is 24.0 Å². The van der Waals surface area contributed by atoms with Gasteiger partial charge in [0.15, 0.2) is 12.4 Å². The lowest BCUT2D eigenvalue weighted by Gasteiger charge is -2.08. The van der Waals surface area contributed by atoms with Crippen molar-refractivity contribution in [3.8, 4) is 5.75 Å². The van der Waals surface area contributed by atoms with Crippen LogP contribution in [0.15, 0.2) is 78.0 Å². The minimum absolute atomic E-state index is 0.0239. The van der Waals surface area contributed by atoms with Crippen molar-refractivity contribution < 1.29 is 23.1 Å². The fourth-order valence-corrected chi connectivity index (χ4v) is 2.50. The third-order valence-electron chi connectivity index (χ3n) is 3.90. The molecule has 0 atom stereocenters. The number of anilines is 1. The van der Waals surface area contributed by atoms with Crippen LogP contribution in [0.5, 0.6) is 5.75 Å². The normalized spacial score (nSPS) is 11.1. The summed E-state index contributed by atoms with van der Waals surface area (Å²) in [5.74, 6) is -1.51. The molecule has 0 aliphatic heterocycles. The van der Waals surface area contributed by atoms with E-state index in [4.69, 9.17) is 15.3 Å². The molecule has 0 spiro atoms. The van der Waals surface area contributed by atoms with Gasteiger partial charge >= 0.3 is 0 Å². The Morgan fingerprint density at radius 1 is 0.967 bits per heavy atom. The first-order valence-electron chi connectivity index (χ1n) is 8.98. The quantitative estimate of drug-likeness (QED) is 0.335. The second-order valence-corrected chi connectivity index (χ2v) is 6.25. The maximum Gasteiger partial charge on any atom is 0.265 e. The number of ether oxygens (including phenoxy) is 1. The predicted molar refractivity (Wildman–Crippen MR) is 109 cm³/mol. The molecule has 1 amide bonds. The fraction of sp³-hybridized carbons (Fsp3) is 0.0909. The Bertz CT molecular complexity index is 1010. The number of rotatable bonds is 8. The van der Waals surface area contributed by atoms with Crippen LogP contribution in [-0.4, -0.2) is 18.3 Å². The van der Waals surface area contributed by atoms with E-state index < -0.39 is 24.1 Å². The van der Waals surface area contributed by atoms with E-state index in [1.807, 2.05) is 30.3 Å². The average molecular weight is 411 g/mol. The lowest BCUT2D eigenvalue weighted by Crippen LogP contribution is -2.19. The molecule has 0 saturated carbocycles. The first kappa shape index (κ1) is 20.8. The number of nitrogens with two attached hydrogens (primary N) is 1. The standard InChI is InChI=1S/C22H19F2N3O3/c23-17-10-18(24)12-19(11-17)26-21(28)14-30-27-22(25)16-6-8-20(9-7-16)29-13-15-4-2-1-3-5-15/h1-12H,13-14H2,(H2,25,27)(H,26,28). The molecule has 0 radical (unpaired) electrons. The summed E-state index contributed by atoms with van der Waals surface area (Å²) in [5.41, 5.74) is 7.45. The molecule has 0 aliphatic carbocycles. The SMILES string of the molecule is N/C(=N\OCC(=O)Nc1cc(F)cc(F)c1)c1ccc(OCc2ccccc2)cc1. The van der Waals surface area contributed by atoms with Crippen molar-refractivity contribution >= 4 is 17.4 Å². The maximum atomic E-state index is 13.1. The van der Waals surface area contributed by atoms with Gasteiger partial charge in [0.25, 0.3) is 5.91 Å². The summed E-state index contributed by atoms with van der Waals surface area (Å²) in [6, 6.07) is 19.3. The highest BCUT2D eigenvalue weighted by atomic mass is 19.1. The van der Waals surface area contributed by atoms with Crippen molar-refractivity contribution in [1.82, 2.24) is 0 Å². The molecule has 0 saturated heterocycles. The smallest absolute Gasteiger partial charge is 0.265 e. The summed E-state index contributed by atoms with van der Waals surface area (Å²) in [6.45, 7) is -0.0334. The number of oxime groups is 1. The van der Waals surface area contributed by atoms with Crippen molar-refractivity contribution in [2.24, 2.45) is 10.9 Å². The molecule has 0 heterocycles. The Morgan fingerprint density at radius 2 is 1.63 bits per heavy atom. The molecule has 3 N–H and O–H groups in total. The molecule has 3 rings (SSSR count). The number of benzene rings is 3. The van der Waals surface area contributed by atoms with Crippen LogP contribution in [0, 0.1) is 11.6 Å². The van der Waals surface area contributed by atoms with Crippen LogP contribution < -0.4 is 15.8 Å². The third-order valence-corrected chi connectivity index (χ3v) is 3.90. The van der Waals surface area contributed by atoms with E-state index in [1.165, 1.54) is 0 Å². The Kier molecular flexibility index (Phi) is 6.94. The van der Waals surface area contributed by atoms with Gasteiger partial charge in [-0.15, -0.1) is 0 Å². The molecular weight excluding hydrogens is 392 g/mol. The highest BCUT2D eigenvalue weighted by molar-refractivity contribution is 5.97. The molecule has 8 heteroatoms. The summed E-state index contributed by atoms with van der Waals surface area (Å²) >= 11 is 0. The number of amidine groups is 1. The number of hydrogen-bond donors (Lipinski definition) is 2. The lowest BCUT2D eigenvalue weighted by atomic mass is 10.2. The van der Waals surface area contributed by atoms with Crippen LogP contribution in [0.25, 0.3) is 0 Å². The molecule has 3 aromatic rings. The third kappa shape index (κ3) is 6.30. The molecular formula is C22H19F2N3O3. The lowest BCUT2D eigenvalue weighted by molar-refractivity contribution is -0.120. The van der Waals surface area contributed by atoms with Crippen LogP contribution in [0.4, 0.5) is 14.5 Å². The van der Waals surface area contributed by atoms with Crippen molar-refractivity contribution in [2.45, 2.75) is 6.61 Å². The van der Waals surface area contributed by atoms with Gasteiger partial charge in [-0.3, -0.25) is 4.79 Å². The zero-order valence-corrected chi connectivity index (χ0v) is 15.8. The number of hydrogen-bond acceptors (Lipinski definition) is 4. The Morgan fingerprint density at radius 3 is 2.30 bits per heavy atom. The van der Waals surface area contributed by atoms with E-state index in [1.54, 1.807) is 24.3 Å². The van der Waals surface area contributed by atoms with Gasteiger partial charge in [0, 0.05) is 17.3 Å². The van der Waals surface area contributed by atoms with E-state index in [0.717, 1.165) is 17.7 Å². The van der Waals surface area contributed by atoms with Crippen LogP contribution in [0.3, 0.4) is 0 Å². The van der Waals surface area contributed by atoms with Gasteiger partial charge in [0.05, 0.1) is 0 Å². The molecule has 3 aromatic carbocycles. The van der Waals surface area contributed by atoms with Crippen molar-refractivity contribution in [2.75, 3.05) is 11.9 Å². The number of carbonyl (C=O) groups excluding carboxylic acids is 1. The highest BCUT2D eigenvalue weighted by Crippen LogP contribution is 2.15. The summed E-state index contributed by atoms with van der Waals surface area (Å²) < 4.78 is 31.9. The Hall–Kier alpha value is -3.94. The minimum atomic E-state index is -0.801. The van der Waals surface area contributed by atoms with Crippen LogP contribution in [0.1, 0.15) is 11.1 Å². The summed E-state index contributed by atoms with van der Waals surface area (Å²) in [6.07, 6.45) is 0. The van der Waals surface area contributed by atoms with Crippen molar-refractivity contribution in [3.63, 3.8) is 0 Å². The minimum Gasteiger partial charge on any atom is -0.489 e. The van der Waals surface area contributed by atoms with E-state index in [-0.39, 0.29) is 11.5 Å². The largest absolute Gasteiger partial charge is 0.489 e. The molecule has 6 nitrogen and oxygen atoms in total. The van der Waals surface area contributed by atoms with Crippen molar-refractivity contribution in [1.29, 1.82) is 0 Å². The van der Waals surface area contributed by atoms with Crippen LogP contribution in [-0.2, 0) is 16.2 Å².